The maximum Gasteiger partial charge on any atom is 0.411 e. The zero-order valence-corrected chi connectivity index (χ0v) is 26.1. The van der Waals surface area contributed by atoms with Crippen LogP contribution in [0.2, 0.25) is 0 Å². The molecule has 0 spiro atoms. The summed E-state index contributed by atoms with van der Waals surface area (Å²) in [5, 5.41) is 13.0. The van der Waals surface area contributed by atoms with Crippen molar-refractivity contribution in [3.05, 3.63) is 89.0 Å². The Balaban J connectivity index is 1.28. The van der Waals surface area contributed by atoms with Crippen LogP contribution >= 0.6 is 0 Å². The van der Waals surface area contributed by atoms with Gasteiger partial charge in [0.15, 0.2) is 11.6 Å². The molecule has 13 nitrogen and oxygen atoms in total. The molecule has 3 aromatic carbocycles. The Labute approximate surface area is 268 Å². The van der Waals surface area contributed by atoms with Crippen molar-refractivity contribution in [3.63, 3.8) is 0 Å². The van der Waals surface area contributed by atoms with E-state index in [1.165, 1.54) is 19.1 Å². The molecule has 3 aliphatic heterocycles. The second kappa shape index (κ2) is 11.2. The number of methoxy groups -OCH3 is 2. The molecular formula is C31H30F2N6O7S. The maximum absolute atomic E-state index is 14.4. The number of hydrogen-bond donors (Lipinski definition) is 2. The number of anilines is 1. The van der Waals surface area contributed by atoms with Crippen LogP contribution in [0, 0.1) is 11.6 Å². The number of halogens is 2. The van der Waals surface area contributed by atoms with Gasteiger partial charge >= 0.3 is 22.5 Å². The van der Waals surface area contributed by atoms with E-state index in [4.69, 9.17) is 23.9 Å². The van der Waals surface area contributed by atoms with Gasteiger partial charge in [-0.3, -0.25) is 4.90 Å². The molecule has 0 radical (unpaired) electrons. The number of carbonyl (C=O) groups is 2. The average molecular weight is 669 g/mol. The van der Waals surface area contributed by atoms with Gasteiger partial charge in [-0.15, -0.1) is 0 Å². The van der Waals surface area contributed by atoms with Crippen LogP contribution in [-0.2, 0) is 37.3 Å². The van der Waals surface area contributed by atoms with E-state index < -0.39 is 63.2 Å². The number of para-hydroxylation sites is 2. The first-order valence-corrected chi connectivity index (χ1v) is 16.2. The summed E-state index contributed by atoms with van der Waals surface area (Å²) in [6, 6.07) is 14.8. The highest BCUT2D eigenvalue weighted by atomic mass is 32.2. The number of fused-ring (bicyclic) bond motifs is 6. The minimum atomic E-state index is -4.85. The highest BCUT2D eigenvalue weighted by Gasteiger charge is 2.59. The van der Waals surface area contributed by atoms with E-state index in [1.807, 2.05) is 24.3 Å². The minimum absolute atomic E-state index is 0.111. The van der Waals surface area contributed by atoms with E-state index in [0.29, 0.717) is 29.8 Å². The molecule has 3 aromatic rings. The van der Waals surface area contributed by atoms with Crippen molar-refractivity contribution >= 4 is 33.9 Å². The molecule has 3 heterocycles. The summed E-state index contributed by atoms with van der Waals surface area (Å²) >= 11 is 0. The van der Waals surface area contributed by atoms with Gasteiger partial charge in [-0.2, -0.15) is 23.4 Å². The number of azo groups is 1. The molecule has 0 aromatic heterocycles. The van der Waals surface area contributed by atoms with Gasteiger partial charge in [0.05, 0.1) is 31.5 Å². The lowest BCUT2D eigenvalue weighted by Gasteiger charge is -2.32. The smallest absolute Gasteiger partial charge is 0.411 e. The first-order chi connectivity index (χ1) is 22.5. The molecule has 1 aliphatic carbocycles. The minimum Gasteiger partial charge on any atom is -0.453 e. The molecule has 4 atom stereocenters. The average Bonchev–Trinajstić information content (AvgIpc) is 3.77. The molecule has 246 valence electrons. The highest BCUT2D eigenvalue weighted by Crippen LogP contribution is 2.53. The van der Waals surface area contributed by atoms with Gasteiger partial charge in [-0.05, 0) is 48.2 Å². The van der Waals surface area contributed by atoms with Gasteiger partial charge in [0, 0.05) is 30.8 Å². The second-order valence-electron chi connectivity index (χ2n) is 11.7. The lowest BCUT2D eigenvalue weighted by atomic mass is 9.89. The Morgan fingerprint density at radius 1 is 0.915 bits per heavy atom. The number of nitrogens with zero attached hydrogens (tertiary/aromatic N) is 4. The van der Waals surface area contributed by atoms with Gasteiger partial charge in [0.1, 0.15) is 11.7 Å². The molecule has 16 heteroatoms. The first kappa shape index (κ1) is 30.8. The summed E-state index contributed by atoms with van der Waals surface area (Å²) < 4.78 is 73.0. The number of hydrogen-bond acceptors (Lipinski definition) is 10. The number of ether oxygens (including phenoxy) is 2. The van der Waals surface area contributed by atoms with E-state index in [2.05, 4.69) is 10.0 Å². The fourth-order valence-electron chi connectivity index (χ4n) is 7.45. The maximum atomic E-state index is 14.4. The van der Waals surface area contributed by atoms with Gasteiger partial charge in [0.25, 0.3) is 0 Å². The van der Waals surface area contributed by atoms with Crippen molar-refractivity contribution in [3.8, 4) is 5.75 Å². The number of likely N-dealkylation sites (tertiary alicyclic amines) is 2. The Morgan fingerprint density at radius 3 is 2.32 bits per heavy atom. The van der Waals surface area contributed by atoms with E-state index in [-0.39, 0.29) is 19.4 Å². The lowest BCUT2D eigenvalue weighted by Crippen LogP contribution is -2.53. The Morgan fingerprint density at radius 2 is 1.57 bits per heavy atom. The Hall–Kier alpha value is -4.83. The van der Waals surface area contributed by atoms with Crippen LogP contribution in [0.1, 0.15) is 29.5 Å². The van der Waals surface area contributed by atoms with Crippen molar-refractivity contribution in [1.29, 1.82) is 0 Å². The zero-order chi connectivity index (χ0) is 33.1. The molecule has 2 N–H and O–H groups in total. The van der Waals surface area contributed by atoms with Crippen LogP contribution < -0.4 is 14.2 Å². The summed E-state index contributed by atoms with van der Waals surface area (Å²) in [5.41, 5.74) is 0.854. The second-order valence-corrected chi connectivity index (χ2v) is 13.0. The van der Waals surface area contributed by atoms with E-state index in [1.54, 1.807) is 23.1 Å². The molecule has 4 aliphatic rings. The number of amides is 2. The number of carbonyl (C=O) groups excluding carboxylic acids is 2. The lowest BCUT2D eigenvalue weighted by molar-refractivity contribution is 0.112. The molecule has 2 fully saturated rings. The van der Waals surface area contributed by atoms with Gasteiger partial charge < -0.3 is 23.9 Å². The molecule has 2 saturated heterocycles. The molecule has 0 unspecified atom stereocenters. The summed E-state index contributed by atoms with van der Waals surface area (Å²) in [6.45, 7) is 0.504. The fraction of sp³-hybridized carbons (Fsp3) is 0.355. The van der Waals surface area contributed by atoms with Crippen molar-refractivity contribution in [2.75, 3.05) is 32.6 Å². The Bertz CT molecular complexity index is 1910. The third-order valence-electron chi connectivity index (χ3n) is 9.48. The van der Waals surface area contributed by atoms with E-state index >= 15 is 0 Å². The topological polar surface area (TPSA) is 151 Å². The molecule has 7 rings (SSSR count). The van der Waals surface area contributed by atoms with Gasteiger partial charge in [-0.25, -0.2) is 18.4 Å². The van der Waals surface area contributed by atoms with Crippen molar-refractivity contribution < 1.29 is 40.4 Å². The Kier molecular flexibility index (Phi) is 7.31. The van der Waals surface area contributed by atoms with Gasteiger partial charge in [0.2, 0.25) is 5.75 Å². The summed E-state index contributed by atoms with van der Waals surface area (Å²) in [7, 11) is -2.31. The monoisotopic (exact) mass is 668 g/mol. The number of rotatable bonds is 6. The standard InChI is InChI=1S/C31H30F2N6O7S/c1-44-28(40)38-15-13-30(37-47(42,43)46-26-21(32)9-6-10-22(26)33)19-8-5-12-23(18(19)17-25(30)38)35-36-31-14-16-39(29(41)45-2)27(31)34-24-11-4-3-7-20(24)31/h3-12,25,27,34,37H,13-17H2,1-2H3/t25-,27+,30-,31-/m0/s1. The van der Waals surface area contributed by atoms with Crippen molar-refractivity contribution in [1.82, 2.24) is 14.5 Å². The molecular weight excluding hydrogens is 638 g/mol. The predicted octanol–water partition coefficient (Wildman–Crippen LogP) is 4.67. The molecule has 0 saturated carbocycles. The highest BCUT2D eigenvalue weighted by molar-refractivity contribution is 7.85. The van der Waals surface area contributed by atoms with Gasteiger partial charge in [-0.1, -0.05) is 36.4 Å². The normalized spacial score (nSPS) is 25.6. The summed E-state index contributed by atoms with van der Waals surface area (Å²) in [6.07, 6.45) is -0.999. The fourth-order valence-corrected chi connectivity index (χ4v) is 8.66. The van der Waals surface area contributed by atoms with Crippen LogP contribution in [0.15, 0.2) is 70.9 Å². The van der Waals surface area contributed by atoms with Crippen molar-refractivity contribution in [2.45, 2.75) is 42.5 Å². The number of nitrogens with one attached hydrogen (secondary N) is 2. The molecule has 0 bridgehead atoms. The summed E-state index contributed by atoms with van der Waals surface area (Å²) in [4.78, 5) is 28.5. The third-order valence-corrected chi connectivity index (χ3v) is 10.5. The van der Waals surface area contributed by atoms with E-state index in [9.17, 15) is 26.8 Å². The third kappa shape index (κ3) is 4.76. The van der Waals surface area contributed by atoms with Crippen LogP contribution in [0.3, 0.4) is 0 Å². The SMILES string of the molecule is COC(=O)N1CC[C@]2(N=Nc3cccc4c3C[C@@H]3N(C(=O)OC)CC[C@]43NS(=O)(=O)Oc3c(F)cccc3F)c3ccccc3N[C@H]12. The molecule has 47 heavy (non-hydrogen) atoms. The predicted molar refractivity (Wildman–Crippen MR) is 162 cm³/mol. The quantitative estimate of drug-likeness (QED) is 0.360. The van der Waals surface area contributed by atoms with Crippen LogP contribution in [-0.4, -0.2) is 69.9 Å². The largest absolute Gasteiger partial charge is 0.453 e. The zero-order valence-electron chi connectivity index (χ0n) is 25.3. The molecule has 2 amide bonds. The van der Waals surface area contributed by atoms with Crippen LogP contribution in [0.4, 0.5) is 29.7 Å². The van der Waals surface area contributed by atoms with Crippen LogP contribution in [0.5, 0.6) is 5.75 Å². The number of benzene rings is 3. The van der Waals surface area contributed by atoms with Crippen molar-refractivity contribution in [2.24, 2.45) is 10.2 Å². The van der Waals surface area contributed by atoms with E-state index in [0.717, 1.165) is 29.4 Å². The van der Waals surface area contributed by atoms with Crippen LogP contribution in [0.25, 0.3) is 0 Å². The first-order valence-electron chi connectivity index (χ1n) is 14.8. The summed E-state index contributed by atoms with van der Waals surface area (Å²) in [5.74, 6) is -3.46.